The smallest absolute Gasteiger partial charge is 0.249 e. The van der Waals surface area contributed by atoms with E-state index in [0.717, 1.165) is 0 Å². The summed E-state index contributed by atoms with van der Waals surface area (Å²) in [5, 5.41) is 22.0. The molecule has 6 heteroatoms. The number of hydrogen-bond donors (Lipinski definition) is 4. The average Bonchev–Trinajstić information content (AvgIpc) is 2.34. The minimum absolute atomic E-state index is 0.108. The first-order valence-corrected chi connectivity index (χ1v) is 5.42. The molecule has 0 aliphatic rings. The summed E-state index contributed by atoms with van der Waals surface area (Å²) in [6.45, 7) is 1.19. The number of primary amides is 1. The lowest BCUT2D eigenvalue weighted by Gasteiger charge is -2.20. The van der Waals surface area contributed by atoms with Gasteiger partial charge in [0.05, 0.1) is 0 Å². The molecule has 5 N–H and O–H groups in total. The second-order valence-electron chi connectivity index (χ2n) is 3.90. The van der Waals surface area contributed by atoms with Crippen LogP contribution in [0.1, 0.15) is 28.9 Å². The van der Waals surface area contributed by atoms with Gasteiger partial charge in [-0.2, -0.15) is 0 Å². The number of carbonyl (C=O) groups is 2. The molecule has 1 aromatic rings. The largest absolute Gasteiger partial charge is 0.388 e. The fraction of sp³-hybridized carbons (Fsp3) is 0.333. The van der Waals surface area contributed by atoms with Crippen LogP contribution in [0.4, 0.5) is 0 Å². The Balaban J connectivity index is 2.86. The van der Waals surface area contributed by atoms with Crippen LogP contribution in [0.25, 0.3) is 0 Å². The Morgan fingerprint density at radius 2 is 1.94 bits per heavy atom. The summed E-state index contributed by atoms with van der Waals surface area (Å²) in [5.41, 5.74) is 5.56. The number of nitrogens with one attached hydrogen (secondary N) is 1. The molecular weight excluding hydrogens is 236 g/mol. The third-order valence-corrected chi connectivity index (χ3v) is 2.47. The molecule has 0 bridgehead atoms. The molecule has 0 radical (unpaired) electrons. The van der Waals surface area contributed by atoms with Crippen molar-refractivity contribution < 1.29 is 19.8 Å². The molecule has 0 aliphatic heterocycles. The summed E-state index contributed by atoms with van der Waals surface area (Å²) >= 11 is 0. The SMILES string of the molecule is CC(=O)NCC(O)C(O)c1ccccc1C(N)=O. The van der Waals surface area contributed by atoms with Gasteiger partial charge in [0.1, 0.15) is 12.2 Å². The van der Waals surface area contributed by atoms with Crippen molar-refractivity contribution in [1.82, 2.24) is 5.32 Å². The van der Waals surface area contributed by atoms with Crippen LogP contribution in [0.15, 0.2) is 24.3 Å². The highest BCUT2D eigenvalue weighted by molar-refractivity contribution is 5.94. The zero-order valence-electron chi connectivity index (χ0n) is 9.96. The van der Waals surface area contributed by atoms with Crippen molar-refractivity contribution in [1.29, 1.82) is 0 Å². The van der Waals surface area contributed by atoms with Gasteiger partial charge < -0.3 is 21.3 Å². The Bertz CT molecular complexity index is 447. The van der Waals surface area contributed by atoms with Crippen molar-refractivity contribution in [2.45, 2.75) is 19.1 Å². The van der Waals surface area contributed by atoms with Gasteiger partial charge in [0.25, 0.3) is 0 Å². The van der Waals surface area contributed by atoms with Crippen molar-refractivity contribution in [3.8, 4) is 0 Å². The van der Waals surface area contributed by atoms with Crippen LogP contribution >= 0.6 is 0 Å². The van der Waals surface area contributed by atoms with E-state index in [1.165, 1.54) is 19.1 Å². The highest BCUT2D eigenvalue weighted by atomic mass is 16.3. The Morgan fingerprint density at radius 1 is 1.33 bits per heavy atom. The highest BCUT2D eigenvalue weighted by Crippen LogP contribution is 2.20. The van der Waals surface area contributed by atoms with Gasteiger partial charge in [0.15, 0.2) is 0 Å². The van der Waals surface area contributed by atoms with Gasteiger partial charge in [-0.15, -0.1) is 0 Å². The summed E-state index contributed by atoms with van der Waals surface area (Å²) in [6.07, 6.45) is -2.50. The highest BCUT2D eigenvalue weighted by Gasteiger charge is 2.22. The number of benzene rings is 1. The van der Waals surface area contributed by atoms with Gasteiger partial charge in [-0.05, 0) is 11.6 Å². The van der Waals surface area contributed by atoms with E-state index in [0.29, 0.717) is 0 Å². The maximum absolute atomic E-state index is 11.2. The Labute approximate surface area is 104 Å². The molecule has 0 saturated carbocycles. The predicted molar refractivity (Wildman–Crippen MR) is 64.6 cm³/mol. The van der Waals surface area contributed by atoms with Crippen LogP contribution in [0, 0.1) is 0 Å². The summed E-state index contributed by atoms with van der Waals surface area (Å²) in [7, 11) is 0. The van der Waals surface area contributed by atoms with Crippen molar-refractivity contribution in [3.63, 3.8) is 0 Å². The first-order valence-electron chi connectivity index (χ1n) is 5.42. The Hall–Kier alpha value is -1.92. The van der Waals surface area contributed by atoms with Crippen molar-refractivity contribution in [2.24, 2.45) is 5.73 Å². The van der Waals surface area contributed by atoms with Crippen LogP contribution in [0.3, 0.4) is 0 Å². The van der Waals surface area contributed by atoms with Crippen LogP contribution < -0.4 is 11.1 Å². The summed E-state index contributed by atoms with van der Waals surface area (Å²) in [5.74, 6) is -0.999. The predicted octanol–water partition coefficient (Wildman–Crippen LogP) is -0.684. The number of amides is 2. The van der Waals surface area contributed by atoms with Crippen LogP contribution in [0.2, 0.25) is 0 Å². The molecular formula is C12H16N2O4. The van der Waals surface area contributed by atoms with Crippen molar-refractivity contribution in [3.05, 3.63) is 35.4 Å². The molecule has 0 aromatic heterocycles. The molecule has 1 aromatic carbocycles. The molecule has 98 valence electrons. The Kier molecular flexibility index (Phi) is 4.82. The van der Waals surface area contributed by atoms with E-state index in [-0.39, 0.29) is 23.6 Å². The molecule has 18 heavy (non-hydrogen) atoms. The fourth-order valence-corrected chi connectivity index (χ4v) is 1.55. The lowest BCUT2D eigenvalue weighted by atomic mass is 9.98. The van der Waals surface area contributed by atoms with E-state index < -0.39 is 18.1 Å². The van der Waals surface area contributed by atoms with Gasteiger partial charge >= 0.3 is 0 Å². The van der Waals surface area contributed by atoms with E-state index in [9.17, 15) is 19.8 Å². The van der Waals surface area contributed by atoms with E-state index in [4.69, 9.17) is 5.73 Å². The number of hydrogen-bond acceptors (Lipinski definition) is 4. The molecule has 0 aliphatic carbocycles. The normalized spacial score (nSPS) is 13.7. The lowest BCUT2D eigenvalue weighted by molar-refractivity contribution is -0.119. The molecule has 0 spiro atoms. The van der Waals surface area contributed by atoms with Gasteiger partial charge in [-0.1, -0.05) is 18.2 Å². The number of aliphatic hydroxyl groups is 2. The van der Waals surface area contributed by atoms with E-state index in [1.54, 1.807) is 12.1 Å². The fourth-order valence-electron chi connectivity index (χ4n) is 1.55. The maximum Gasteiger partial charge on any atom is 0.249 e. The average molecular weight is 252 g/mol. The minimum atomic E-state index is -1.29. The first-order chi connectivity index (χ1) is 8.43. The topological polar surface area (TPSA) is 113 Å². The summed E-state index contributed by atoms with van der Waals surface area (Å²) < 4.78 is 0. The Morgan fingerprint density at radius 3 is 2.50 bits per heavy atom. The number of carbonyl (C=O) groups excluding carboxylic acids is 2. The minimum Gasteiger partial charge on any atom is -0.388 e. The zero-order valence-corrected chi connectivity index (χ0v) is 9.96. The monoisotopic (exact) mass is 252 g/mol. The number of aliphatic hydroxyl groups excluding tert-OH is 2. The van der Waals surface area contributed by atoms with Gasteiger partial charge in [-0.3, -0.25) is 9.59 Å². The van der Waals surface area contributed by atoms with Gasteiger partial charge in [-0.25, -0.2) is 0 Å². The quantitative estimate of drug-likeness (QED) is 0.556. The second-order valence-corrected chi connectivity index (χ2v) is 3.90. The molecule has 6 nitrogen and oxygen atoms in total. The summed E-state index contributed by atoms with van der Waals surface area (Å²) in [4.78, 5) is 21.9. The van der Waals surface area contributed by atoms with Gasteiger partial charge in [0.2, 0.25) is 11.8 Å². The van der Waals surface area contributed by atoms with Crippen molar-refractivity contribution in [2.75, 3.05) is 6.54 Å². The molecule has 2 amide bonds. The van der Waals surface area contributed by atoms with Crippen LogP contribution in [-0.4, -0.2) is 34.7 Å². The summed E-state index contributed by atoms with van der Waals surface area (Å²) in [6, 6.07) is 6.19. The van der Waals surface area contributed by atoms with E-state index in [1.807, 2.05) is 0 Å². The molecule has 0 heterocycles. The zero-order chi connectivity index (χ0) is 13.7. The molecule has 0 fully saturated rings. The molecule has 2 unspecified atom stereocenters. The molecule has 1 rings (SSSR count). The maximum atomic E-state index is 11.2. The molecule has 2 atom stereocenters. The first kappa shape index (κ1) is 14.1. The van der Waals surface area contributed by atoms with Crippen molar-refractivity contribution >= 4 is 11.8 Å². The van der Waals surface area contributed by atoms with E-state index >= 15 is 0 Å². The lowest BCUT2D eigenvalue weighted by Crippen LogP contribution is -2.35. The van der Waals surface area contributed by atoms with Gasteiger partial charge in [0, 0.05) is 19.0 Å². The number of nitrogens with two attached hydrogens (primary N) is 1. The second kappa shape index (κ2) is 6.13. The standard InChI is InChI=1S/C12H16N2O4/c1-7(15)14-6-10(16)11(17)8-4-2-3-5-9(8)12(13)18/h2-5,10-11,16-17H,6H2,1H3,(H2,13,18)(H,14,15). The third-order valence-electron chi connectivity index (χ3n) is 2.47. The number of rotatable bonds is 5. The molecule has 0 saturated heterocycles. The van der Waals surface area contributed by atoms with Crippen LogP contribution in [0.5, 0.6) is 0 Å². The van der Waals surface area contributed by atoms with E-state index in [2.05, 4.69) is 5.32 Å². The third kappa shape index (κ3) is 3.54. The van der Waals surface area contributed by atoms with Crippen LogP contribution in [-0.2, 0) is 4.79 Å².